The van der Waals surface area contributed by atoms with E-state index in [1.807, 2.05) is 13.8 Å². The Hall–Kier alpha value is 0.355. The van der Waals surface area contributed by atoms with Crippen LogP contribution < -0.4 is 68.0 Å². The molecule has 0 aliphatic heterocycles. The minimum atomic E-state index is -1.34. The smallest absolute Gasteiger partial charge is 0.542 e. The summed E-state index contributed by atoms with van der Waals surface area (Å²) in [5.41, 5.74) is 0. The van der Waals surface area contributed by atoms with Gasteiger partial charge in [0.1, 0.15) is 5.97 Å². The molecule has 0 aliphatic carbocycles. The van der Waals surface area contributed by atoms with Gasteiger partial charge in [0.05, 0.1) is 7.11 Å². The summed E-state index contributed by atoms with van der Waals surface area (Å²) in [4.78, 5) is 10.1. The van der Waals surface area contributed by atoms with E-state index in [0.29, 0.717) is 0 Å². The Kier molecular flexibility index (Phi) is 10.9. The molecular formula is C8H11O4Rb. The van der Waals surface area contributed by atoms with Crippen molar-refractivity contribution in [1.82, 2.24) is 0 Å². The van der Waals surface area contributed by atoms with E-state index in [1.165, 1.54) is 19.2 Å². The summed E-state index contributed by atoms with van der Waals surface area (Å²) >= 11 is 0. The molecule has 1 aromatic heterocycles. The van der Waals surface area contributed by atoms with E-state index in [-0.39, 0.29) is 69.9 Å². The second kappa shape index (κ2) is 8.93. The third-order valence-corrected chi connectivity index (χ3v) is 0.984. The van der Waals surface area contributed by atoms with Gasteiger partial charge in [-0.3, -0.25) is 0 Å². The first-order chi connectivity index (χ1) is 5.74. The number of hydrogen-bond donors (Lipinski definition) is 0. The summed E-state index contributed by atoms with van der Waals surface area (Å²) in [5.74, 6) is -1.40. The molecule has 0 aliphatic rings. The molecule has 4 nitrogen and oxygen atoms in total. The van der Waals surface area contributed by atoms with Crippen LogP contribution in [0.15, 0.2) is 16.5 Å². The van der Waals surface area contributed by atoms with Crippen molar-refractivity contribution >= 4 is 5.97 Å². The molecule has 0 radical (unpaired) electrons. The number of carbonyl (C=O) groups is 1. The fourth-order valence-electron chi connectivity index (χ4n) is 0.540. The van der Waals surface area contributed by atoms with Gasteiger partial charge in [-0.1, -0.05) is 13.8 Å². The van der Waals surface area contributed by atoms with Crippen LogP contribution in [-0.4, -0.2) is 13.1 Å². The van der Waals surface area contributed by atoms with Crippen LogP contribution in [0.25, 0.3) is 0 Å². The maximum atomic E-state index is 10.1. The largest absolute Gasteiger partial charge is 1.00 e. The van der Waals surface area contributed by atoms with Crippen LogP contribution >= 0.6 is 0 Å². The van der Waals surface area contributed by atoms with Crippen LogP contribution in [0.4, 0.5) is 0 Å². The average Bonchev–Trinajstić information content (AvgIpc) is 2.55. The van der Waals surface area contributed by atoms with E-state index in [4.69, 9.17) is 0 Å². The van der Waals surface area contributed by atoms with Gasteiger partial charge in [0.25, 0.3) is 5.95 Å². The van der Waals surface area contributed by atoms with Crippen molar-refractivity contribution in [2.45, 2.75) is 13.8 Å². The fourth-order valence-corrected chi connectivity index (χ4v) is 0.540. The number of ether oxygens (including phenoxy) is 1. The van der Waals surface area contributed by atoms with Crippen LogP contribution in [0.3, 0.4) is 0 Å². The molecule has 0 spiro atoms. The Labute approximate surface area is 126 Å². The molecule has 1 heterocycles. The molecule has 1 rings (SSSR count). The minimum Gasteiger partial charge on any atom is -0.542 e. The molecule has 0 amide bonds. The second-order valence-electron chi connectivity index (χ2n) is 1.61. The van der Waals surface area contributed by atoms with Crippen LogP contribution in [0.2, 0.25) is 0 Å². The average molecular weight is 257 g/mol. The Morgan fingerprint density at radius 1 is 1.46 bits per heavy atom. The van der Waals surface area contributed by atoms with E-state index in [9.17, 15) is 9.90 Å². The van der Waals surface area contributed by atoms with Gasteiger partial charge in [-0.2, -0.15) is 0 Å². The van der Waals surface area contributed by atoms with Gasteiger partial charge in [0, 0.05) is 6.07 Å². The third-order valence-electron chi connectivity index (χ3n) is 0.984. The molecule has 1 aromatic rings. The normalized spacial score (nSPS) is 7.62. The number of furan rings is 1. The minimum absolute atomic E-state index is 0. The van der Waals surface area contributed by atoms with Gasteiger partial charge in [0.15, 0.2) is 5.76 Å². The zero-order chi connectivity index (χ0) is 9.56. The summed E-state index contributed by atoms with van der Waals surface area (Å²) in [6.45, 7) is 4.00. The summed E-state index contributed by atoms with van der Waals surface area (Å²) < 4.78 is 9.20. The van der Waals surface area contributed by atoms with Crippen molar-refractivity contribution < 1.29 is 77.2 Å². The molecule has 0 bridgehead atoms. The van der Waals surface area contributed by atoms with E-state index >= 15 is 0 Å². The van der Waals surface area contributed by atoms with Crippen LogP contribution in [0, 0.1) is 0 Å². The van der Waals surface area contributed by atoms with Crippen LogP contribution in [0.5, 0.6) is 5.95 Å². The van der Waals surface area contributed by atoms with Crippen molar-refractivity contribution in [3.8, 4) is 5.95 Å². The van der Waals surface area contributed by atoms with E-state index in [0.717, 1.165) is 0 Å². The molecule has 0 saturated heterocycles. The van der Waals surface area contributed by atoms with Gasteiger partial charge < -0.3 is 19.1 Å². The van der Waals surface area contributed by atoms with Crippen LogP contribution in [-0.2, 0) is 0 Å². The van der Waals surface area contributed by atoms with Gasteiger partial charge in [-0.05, 0) is 6.07 Å². The SMILES string of the molecule is CC.COc1ccc(C(=O)[O-])o1.[Rb+]. The van der Waals surface area contributed by atoms with Gasteiger partial charge in [0.2, 0.25) is 0 Å². The summed E-state index contributed by atoms with van der Waals surface area (Å²) in [5, 5.41) is 10.1. The van der Waals surface area contributed by atoms with Crippen molar-refractivity contribution in [3.63, 3.8) is 0 Å². The molecule has 13 heavy (non-hydrogen) atoms. The van der Waals surface area contributed by atoms with E-state index in [1.54, 1.807) is 0 Å². The number of hydrogen-bond acceptors (Lipinski definition) is 4. The van der Waals surface area contributed by atoms with Crippen molar-refractivity contribution in [1.29, 1.82) is 0 Å². The fraction of sp³-hybridized carbons (Fsp3) is 0.375. The zero-order valence-corrected chi connectivity index (χ0v) is 13.2. The van der Waals surface area contributed by atoms with E-state index < -0.39 is 5.97 Å². The number of rotatable bonds is 2. The Balaban J connectivity index is 0. The van der Waals surface area contributed by atoms with Gasteiger partial charge in [-0.25, -0.2) is 0 Å². The van der Waals surface area contributed by atoms with Crippen molar-refractivity contribution in [2.24, 2.45) is 0 Å². The number of carboxylic acids is 1. The van der Waals surface area contributed by atoms with Crippen molar-refractivity contribution in [2.75, 3.05) is 7.11 Å². The predicted molar refractivity (Wildman–Crippen MR) is 40.9 cm³/mol. The Morgan fingerprint density at radius 2 is 2.00 bits per heavy atom. The summed E-state index contributed by atoms with van der Waals surface area (Å²) in [6, 6.07) is 2.68. The number of aromatic carboxylic acids is 1. The molecule has 0 atom stereocenters. The van der Waals surface area contributed by atoms with Gasteiger partial charge in [-0.15, -0.1) is 0 Å². The summed E-state index contributed by atoms with van der Waals surface area (Å²) in [6.07, 6.45) is 0. The maximum Gasteiger partial charge on any atom is 1.00 e. The molecule has 5 heteroatoms. The third kappa shape index (κ3) is 5.62. The monoisotopic (exact) mass is 256 g/mol. The predicted octanol–water partition coefficient (Wildman–Crippen LogP) is -2.32. The first-order valence-corrected chi connectivity index (χ1v) is 3.59. The Bertz CT molecular complexity index is 244. The number of carboxylic acid groups (broad SMARTS) is 1. The second-order valence-corrected chi connectivity index (χ2v) is 1.61. The zero-order valence-electron chi connectivity index (χ0n) is 8.29. The van der Waals surface area contributed by atoms with Crippen LogP contribution in [0.1, 0.15) is 24.4 Å². The first kappa shape index (κ1) is 15.8. The molecule has 0 N–H and O–H groups in total. The molecule has 0 unspecified atom stereocenters. The molecule has 0 fully saturated rings. The maximum absolute atomic E-state index is 10.1. The first-order valence-electron chi connectivity index (χ1n) is 3.59. The summed E-state index contributed by atoms with van der Waals surface area (Å²) in [7, 11) is 1.39. The standard InChI is InChI=1S/C6H6O4.C2H6.Rb/c1-9-5-3-2-4(10-5)6(7)8;1-2;/h2-3H,1H3,(H,7,8);1-2H3;/q;;+1/p-1. The quantitative estimate of drug-likeness (QED) is 0.596. The molecule has 0 aromatic carbocycles. The molecular weight excluding hydrogens is 246 g/mol. The number of carbonyl (C=O) groups excluding carboxylic acids is 1. The Morgan fingerprint density at radius 3 is 2.23 bits per heavy atom. The van der Waals surface area contributed by atoms with E-state index in [2.05, 4.69) is 9.15 Å². The van der Waals surface area contributed by atoms with Gasteiger partial charge >= 0.3 is 58.2 Å². The van der Waals surface area contributed by atoms with Crippen molar-refractivity contribution in [3.05, 3.63) is 17.9 Å². The number of methoxy groups -OCH3 is 1. The molecule has 0 saturated carbocycles. The molecule has 68 valence electrons. The topological polar surface area (TPSA) is 62.5 Å².